The van der Waals surface area contributed by atoms with Crippen molar-refractivity contribution in [2.45, 2.75) is 19.9 Å². The lowest BCUT2D eigenvalue weighted by atomic mass is 10.1. The van der Waals surface area contributed by atoms with E-state index in [1.165, 1.54) is 18.2 Å². The highest BCUT2D eigenvalue weighted by Gasteiger charge is 2.12. The van der Waals surface area contributed by atoms with Crippen molar-refractivity contribution >= 4 is 5.97 Å². The zero-order valence-electron chi connectivity index (χ0n) is 7.34. The normalized spacial score (nSPS) is 11.5. The molecule has 5 heteroatoms. The van der Waals surface area contributed by atoms with Gasteiger partial charge in [-0.3, -0.25) is 4.79 Å². The van der Waals surface area contributed by atoms with Gasteiger partial charge in [-0.1, -0.05) is 13.5 Å². The molecule has 0 saturated heterocycles. The van der Waals surface area contributed by atoms with Gasteiger partial charge in [0.15, 0.2) is 11.5 Å². The first-order chi connectivity index (χ1) is 6.50. The second-order valence-electron chi connectivity index (χ2n) is 2.97. The van der Waals surface area contributed by atoms with E-state index in [4.69, 9.17) is 21.1 Å². The summed E-state index contributed by atoms with van der Waals surface area (Å²) in [6, 6.07) is 3.09. The largest absolute Gasteiger partial charge is 0.504 e. The summed E-state index contributed by atoms with van der Waals surface area (Å²) < 4.78 is 0. The van der Waals surface area contributed by atoms with E-state index < -0.39 is 12.0 Å². The summed E-state index contributed by atoms with van der Waals surface area (Å²) in [6.07, 6.45) is 0.114. The molecule has 1 aromatic carbocycles. The number of carbonyl (C=O) groups is 1. The summed E-state index contributed by atoms with van der Waals surface area (Å²) in [5.41, 5.74) is 5.86. The minimum absolute atomic E-state index is 0. The molecule has 0 bridgehead atoms. The Kier molecular flexibility index (Phi) is 4.60. The number of aliphatic carboxylic acids is 1. The summed E-state index contributed by atoms with van der Waals surface area (Å²) in [7, 11) is 0. The molecule has 0 aliphatic heterocycles. The molecule has 84 valence electrons. The Labute approximate surface area is 87.8 Å². The van der Waals surface area contributed by atoms with Crippen LogP contribution in [0.4, 0.5) is 0 Å². The van der Waals surface area contributed by atoms with Crippen molar-refractivity contribution in [3.05, 3.63) is 23.8 Å². The molecule has 1 atom stereocenters. The Morgan fingerprint density at radius 3 is 2.40 bits per heavy atom. The molecule has 0 fully saturated rings. The second-order valence-corrected chi connectivity index (χ2v) is 2.97. The van der Waals surface area contributed by atoms with Gasteiger partial charge in [-0.05, 0) is 24.1 Å². The standard InChI is InChI=1S/C9H11NO4.CH4/c10-6(9(13)14)3-5-1-2-7(11)8(12)4-5;/h1-2,4,6,11-12H,3,10H2,(H,13,14);1H4/t6-;/m0./s1. The van der Waals surface area contributed by atoms with E-state index in [9.17, 15) is 4.79 Å². The number of carboxylic acids is 1. The summed E-state index contributed by atoms with van der Waals surface area (Å²) >= 11 is 0. The van der Waals surface area contributed by atoms with Gasteiger partial charge >= 0.3 is 5.97 Å². The smallest absolute Gasteiger partial charge is 0.320 e. The van der Waals surface area contributed by atoms with Crippen LogP contribution in [-0.4, -0.2) is 27.3 Å². The van der Waals surface area contributed by atoms with Gasteiger partial charge in [0.25, 0.3) is 0 Å². The Hall–Kier alpha value is -1.75. The number of benzene rings is 1. The molecule has 0 spiro atoms. The molecule has 0 amide bonds. The monoisotopic (exact) mass is 213 g/mol. The quantitative estimate of drug-likeness (QED) is 0.553. The van der Waals surface area contributed by atoms with E-state index in [0.717, 1.165) is 0 Å². The molecule has 15 heavy (non-hydrogen) atoms. The van der Waals surface area contributed by atoms with E-state index in [0.29, 0.717) is 5.56 Å². The van der Waals surface area contributed by atoms with E-state index in [1.54, 1.807) is 0 Å². The van der Waals surface area contributed by atoms with Gasteiger partial charge < -0.3 is 21.1 Å². The molecular weight excluding hydrogens is 198 g/mol. The zero-order chi connectivity index (χ0) is 10.7. The molecule has 0 aliphatic carbocycles. The summed E-state index contributed by atoms with van der Waals surface area (Å²) in [5.74, 6) is -1.62. The Balaban J connectivity index is 0.00000196. The van der Waals surface area contributed by atoms with Crippen molar-refractivity contribution in [2.75, 3.05) is 0 Å². The highest BCUT2D eigenvalue weighted by atomic mass is 16.4. The minimum Gasteiger partial charge on any atom is -0.504 e. The summed E-state index contributed by atoms with van der Waals surface area (Å²) in [6.45, 7) is 0. The Bertz CT molecular complexity index is 351. The maximum atomic E-state index is 10.4. The predicted octanol–water partition coefficient (Wildman–Crippen LogP) is 0.688. The van der Waals surface area contributed by atoms with Crippen molar-refractivity contribution in [1.82, 2.24) is 0 Å². The third kappa shape index (κ3) is 3.47. The molecular formula is C10H15NO4. The molecule has 1 rings (SSSR count). The SMILES string of the molecule is C.N[C@@H](Cc1ccc(O)c(O)c1)C(=O)O. The summed E-state index contributed by atoms with van der Waals surface area (Å²) in [5, 5.41) is 26.6. The van der Waals surface area contributed by atoms with Crippen LogP contribution in [0.2, 0.25) is 0 Å². The number of phenols is 2. The van der Waals surface area contributed by atoms with Crippen LogP contribution in [0, 0.1) is 0 Å². The van der Waals surface area contributed by atoms with Crippen LogP contribution in [-0.2, 0) is 11.2 Å². The lowest BCUT2D eigenvalue weighted by molar-refractivity contribution is -0.138. The summed E-state index contributed by atoms with van der Waals surface area (Å²) in [4.78, 5) is 10.4. The van der Waals surface area contributed by atoms with Gasteiger partial charge in [0.2, 0.25) is 0 Å². The highest BCUT2D eigenvalue weighted by molar-refractivity contribution is 5.73. The van der Waals surface area contributed by atoms with Crippen LogP contribution in [0.1, 0.15) is 13.0 Å². The van der Waals surface area contributed by atoms with E-state index in [1.807, 2.05) is 0 Å². The molecule has 0 aromatic heterocycles. The predicted molar refractivity (Wildman–Crippen MR) is 55.8 cm³/mol. The third-order valence-electron chi connectivity index (χ3n) is 1.81. The second kappa shape index (κ2) is 5.21. The van der Waals surface area contributed by atoms with Gasteiger partial charge in [-0.25, -0.2) is 0 Å². The fraction of sp³-hybridized carbons (Fsp3) is 0.300. The Morgan fingerprint density at radius 2 is 1.93 bits per heavy atom. The van der Waals surface area contributed by atoms with Crippen LogP contribution in [0.5, 0.6) is 11.5 Å². The maximum Gasteiger partial charge on any atom is 0.320 e. The van der Waals surface area contributed by atoms with Crippen LogP contribution < -0.4 is 5.73 Å². The number of aromatic hydroxyl groups is 2. The van der Waals surface area contributed by atoms with Crippen LogP contribution in [0.3, 0.4) is 0 Å². The van der Waals surface area contributed by atoms with E-state index in [2.05, 4.69) is 0 Å². The van der Waals surface area contributed by atoms with Gasteiger partial charge in [0.1, 0.15) is 6.04 Å². The highest BCUT2D eigenvalue weighted by Crippen LogP contribution is 2.25. The number of carboxylic acid groups (broad SMARTS) is 1. The zero-order valence-corrected chi connectivity index (χ0v) is 7.34. The van der Waals surface area contributed by atoms with Crippen molar-refractivity contribution in [2.24, 2.45) is 5.73 Å². The average molecular weight is 213 g/mol. The fourth-order valence-electron chi connectivity index (χ4n) is 1.04. The first-order valence-corrected chi connectivity index (χ1v) is 4.00. The van der Waals surface area contributed by atoms with Crippen molar-refractivity contribution in [3.8, 4) is 11.5 Å². The van der Waals surface area contributed by atoms with Crippen LogP contribution in [0.25, 0.3) is 0 Å². The van der Waals surface area contributed by atoms with Gasteiger partial charge in [-0.2, -0.15) is 0 Å². The van der Waals surface area contributed by atoms with Gasteiger partial charge in [-0.15, -0.1) is 0 Å². The molecule has 0 radical (unpaired) electrons. The molecule has 5 N–H and O–H groups in total. The number of phenolic OH excluding ortho intramolecular Hbond substituents is 2. The number of nitrogens with two attached hydrogens (primary N) is 1. The topological polar surface area (TPSA) is 104 Å². The first kappa shape index (κ1) is 13.2. The van der Waals surface area contributed by atoms with Gasteiger partial charge in [0.05, 0.1) is 0 Å². The van der Waals surface area contributed by atoms with Gasteiger partial charge in [0, 0.05) is 0 Å². The van der Waals surface area contributed by atoms with Crippen molar-refractivity contribution in [1.29, 1.82) is 0 Å². The van der Waals surface area contributed by atoms with Crippen LogP contribution >= 0.6 is 0 Å². The molecule has 0 saturated carbocycles. The lowest BCUT2D eigenvalue weighted by Crippen LogP contribution is -2.32. The van der Waals surface area contributed by atoms with E-state index >= 15 is 0 Å². The van der Waals surface area contributed by atoms with Crippen LogP contribution in [0.15, 0.2) is 18.2 Å². The first-order valence-electron chi connectivity index (χ1n) is 4.00. The fourth-order valence-corrected chi connectivity index (χ4v) is 1.04. The molecule has 0 unspecified atom stereocenters. The molecule has 0 heterocycles. The Morgan fingerprint density at radius 1 is 1.33 bits per heavy atom. The average Bonchev–Trinajstić information content (AvgIpc) is 2.11. The van der Waals surface area contributed by atoms with E-state index in [-0.39, 0.29) is 25.3 Å². The number of rotatable bonds is 3. The third-order valence-corrected chi connectivity index (χ3v) is 1.81. The minimum atomic E-state index is -1.10. The number of hydrogen-bond donors (Lipinski definition) is 4. The molecule has 5 nitrogen and oxygen atoms in total. The van der Waals surface area contributed by atoms with Crippen molar-refractivity contribution in [3.63, 3.8) is 0 Å². The molecule has 1 aromatic rings. The maximum absolute atomic E-state index is 10.4. The number of hydrogen-bond acceptors (Lipinski definition) is 4. The van der Waals surface area contributed by atoms with Crippen molar-refractivity contribution < 1.29 is 20.1 Å². The lowest BCUT2D eigenvalue weighted by Gasteiger charge is -2.06. The molecule has 0 aliphatic rings.